The highest BCUT2D eigenvalue weighted by molar-refractivity contribution is 5.72. The first-order valence-corrected chi connectivity index (χ1v) is 8.81. The third-order valence-electron chi connectivity index (χ3n) is 4.87. The predicted molar refractivity (Wildman–Crippen MR) is 101 cm³/mol. The standard InChI is InChI=1S/C21H15F3N4O2/c1-29-12-6-4-5-11(9-12)18-17-16(13-7-2-3-8-15(13)21(22,23)24)14(10-25)19(26)30-20(17)28-27-18/h2-9,16H,26H2,1H3,(H,27,28)/t16-/m0/s1. The Morgan fingerprint density at radius 3 is 2.67 bits per heavy atom. The van der Waals surface area contributed by atoms with Gasteiger partial charge in [0.25, 0.3) is 0 Å². The fourth-order valence-corrected chi connectivity index (χ4v) is 3.56. The Balaban J connectivity index is 2.00. The zero-order valence-corrected chi connectivity index (χ0v) is 15.6. The first-order chi connectivity index (χ1) is 14.3. The van der Waals surface area contributed by atoms with Crippen LogP contribution in [0, 0.1) is 11.3 Å². The summed E-state index contributed by atoms with van der Waals surface area (Å²) in [7, 11) is 1.50. The van der Waals surface area contributed by atoms with Gasteiger partial charge in [0.05, 0.1) is 29.8 Å². The van der Waals surface area contributed by atoms with Gasteiger partial charge in [0.15, 0.2) is 0 Å². The van der Waals surface area contributed by atoms with E-state index in [0.29, 0.717) is 22.6 Å². The molecule has 0 radical (unpaired) electrons. The number of halogens is 3. The van der Waals surface area contributed by atoms with Crippen LogP contribution in [0.25, 0.3) is 11.3 Å². The van der Waals surface area contributed by atoms with Gasteiger partial charge in [-0.15, -0.1) is 5.10 Å². The Morgan fingerprint density at radius 2 is 1.97 bits per heavy atom. The van der Waals surface area contributed by atoms with Crippen molar-refractivity contribution in [1.29, 1.82) is 5.26 Å². The monoisotopic (exact) mass is 412 g/mol. The van der Waals surface area contributed by atoms with Gasteiger partial charge in [-0.05, 0) is 23.8 Å². The van der Waals surface area contributed by atoms with Gasteiger partial charge in [0.2, 0.25) is 11.8 Å². The maximum atomic E-state index is 13.8. The highest BCUT2D eigenvalue weighted by Crippen LogP contribution is 2.48. The summed E-state index contributed by atoms with van der Waals surface area (Å²) in [6, 6.07) is 13.9. The summed E-state index contributed by atoms with van der Waals surface area (Å²) in [6.45, 7) is 0. The SMILES string of the molecule is COc1cccc(-c2[nH]nc3c2[C@@H](c2ccccc2C(F)(F)F)C(C#N)=C(N)O3)c1. The molecule has 152 valence electrons. The minimum absolute atomic E-state index is 0.0197. The van der Waals surface area contributed by atoms with E-state index in [2.05, 4.69) is 10.2 Å². The van der Waals surface area contributed by atoms with Crippen LogP contribution in [0.4, 0.5) is 13.2 Å². The molecular weight excluding hydrogens is 397 g/mol. The molecule has 0 amide bonds. The Bertz CT molecular complexity index is 1190. The summed E-state index contributed by atoms with van der Waals surface area (Å²) < 4.78 is 51.9. The molecular formula is C21H15F3N4O2. The summed E-state index contributed by atoms with van der Waals surface area (Å²) in [5.74, 6) is -0.825. The number of nitrogens with zero attached hydrogens (tertiary/aromatic N) is 2. The number of nitriles is 1. The van der Waals surface area contributed by atoms with Crippen molar-refractivity contribution in [2.24, 2.45) is 5.73 Å². The number of rotatable bonds is 3. The van der Waals surface area contributed by atoms with Crippen LogP contribution in [0.15, 0.2) is 60.0 Å². The molecule has 6 nitrogen and oxygen atoms in total. The lowest BCUT2D eigenvalue weighted by molar-refractivity contribution is -0.138. The number of benzene rings is 2. The molecule has 4 rings (SSSR count). The Hall–Kier alpha value is -3.93. The molecule has 1 aliphatic heterocycles. The normalized spacial score (nSPS) is 15.9. The lowest BCUT2D eigenvalue weighted by Gasteiger charge is -2.26. The smallest absolute Gasteiger partial charge is 0.416 e. The van der Waals surface area contributed by atoms with Crippen LogP contribution in [0.1, 0.15) is 22.6 Å². The maximum Gasteiger partial charge on any atom is 0.416 e. The second-order valence-corrected chi connectivity index (χ2v) is 6.56. The second kappa shape index (κ2) is 7.15. The van der Waals surface area contributed by atoms with E-state index >= 15 is 0 Å². The van der Waals surface area contributed by atoms with Crippen molar-refractivity contribution in [2.75, 3.05) is 7.11 Å². The van der Waals surface area contributed by atoms with E-state index in [1.807, 2.05) is 6.07 Å². The Labute approximate surface area is 169 Å². The van der Waals surface area contributed by atoms with Crippen LogP contribution in [0.5, 0.6) is 11.6 Å². The summed E-state index contributed by atoms with van der Waals surface area (Å²) in [5, 5.41) is 16.6. The van der Waals surface area contributed by atoms with Crippen molar-refractivity contribution in [2.45, 2.75) is 12.1 Å². The minimum atomic E-state index is -4.62. The number of alkyl halides is 3. The number of aromatic nitrogens is 2. The fraction of sp³-hybridized carbons (Fsp3) is 0.143. The molecule has 0 saturated heterocycles. The summed E-state index contributed by atoms with van der Waals surface area (Å²) in [4.78, 5) is 0. The van der Waals surface area contributed by atoms with Gasteiger partial charge in [-0.1, -0.05) is 30.3 Å². The first kappa shape index (κ1) is 19.4. The molecule has 1 aliphatic rings. The highest BCUT2D eigenvalue weighted by atomic mass is 19.4. The van der Waals surface area contributed by atoms with Crippen LogP contribution >= 0.6 is 0 Å². The average Bonchev–Trinajstić information content (AvgIpc) is 3.15. The molecule has 0 saturated carbocycles. The maximum absolute atomic E-state index is 13.8. The first-order valence-electron chi connectivity index (χ1n) is 8.81. The average molecular weight is 412 g/mol. The van der Waals surface area contributed by atoms with Gasteiger partial charge in [-0.2, -0.15) is 18.4 Å². The fourth-order valence-electron chi connectivity index (χ4n) is 3.56. The summed E-state index contributed by atoms with van der Waals surface area (Å²) >= 11 is 0. The third-order valence-corrected chi connectivity index (χ3v) is 4.87. The van der Waals surface area contributed by atoms with Crippen molar-refractivity contribution >= 4 is 0 Å². The lowest BCUT2D eigenvalue weighted by atomic mass is 9.81. The molecule has 1 atom stereocenters. The largest absolute Gasteiger partial charge is 0.497 e. The van der Waals surface area contributed by atoms with E-state index in [9.17, 15) is 18.4 Å². The highest BCUT2D eigenvalue weighted by Gasteiger charge is 2.41. The van der Waals surface area contributed by atoms with Gasteiger partial charge in [-0.3, -0.25) is 5.10 Å². The third kappa shape index (κ3) is 3.12. The number of nitrogens with two attached hydrogens (primary N) is 1. The zero-order valence-electron chi connectivity index (χ0n) is 15.6. The summed E-state index contributed by atoms with van der Waals surface area (Å²) in [6.07, 6.45) is -4.62. The number of hydrogen-bond donors (Lipinski definition) is 2. The molecule has 3 N–H and O–H groups in total. The molecule has 0 spiro atoms. The molecule has 9 heteroatoms. The number of nitrogens with one attached hydrogen (secondary N) is 1. The number of ether oxygens (including phenoxy) is 2. The van der Waals surface area contributed by atoms with E-state index in [1.54, 1.807) is 24.3 Å². The number of allylic oxidation sites excluding steroid dienone is 1. The van der Waals surface area contributed by atoms with Gasteiger partial charge >= 0.3 is 6.18 Å². The van der Waals surface area contributed by atoms with Crippen LogP contribution < -0.4 is 15.2 Å². The number of hydrogen-bond acceptors (Lipinski definition) is 5. The van der Waals surface area contributed by atoms with Crippen molar-refractivity contribution in [3.8, 4) is 29.0 Å². The molecule has 1 aromatic heterocycles. The Morgan fingerprint density at radius 1 is 1.20 bits per heavy atom. The second-order valence-electron chi connectivity index (χ2n) is 6.56. The topological polar surface area (TPSA) is 97.0 Å². The molecule has 0 unspecified atom stereocenters. The molecule has 2 heterocycles. The van der Waals surface area contributed by atoms with Gasteiger partial charge in [-0.25, -0.2) is 0 Å². The molecule has 3 aromatic rings. The van der Waals surface area contributed by atoms with Gasteiger partial charge < -0.3 is 15.2 Å². The minimum Gasteiger partial charge on any atom is -0.497 e. The van der Waals surface area contributed by atoms with Crippen molar-refractivity contribution in [1.82, 2.24) is 10.2 Å². The van der Waals surface area contributed by atoms with E-state index in [0.717, 1.165) is 6.07 Å². The summed E-state index contributed by atoms with van der Waals surface area (Å²) in [5.41, 5.74) is 6.09. The predicted octanol–water partition coefficient (Wildman–Crippen LogP) is 4.32. The number of fused-ring (bicyclic) bond motifs is 1. The number of methoxy groups -OCH3 is 1. The van der Waals surface area contributed by atoms with Crippen LogP contribution in [0.3, 0.4) is 0 Å². The van der Waals surface area contributed by atoms with Gasteiger partial charge in [0, 0.05) is 5.56 Å². The van der Waals surface area contributed by atoms with Crippen LogP contribution in [-0.4, -0.2) is 17.3 Å². The number of aromatic amines is 1. The molecule has 0 bridgehead atoms. The van der Waals surface area contributed by atoms with E-state index in [4.69, 9.17) is 15.2 Å². The van der Waals surface area contributed by atoms with Crippen molar-refractivity contribution < 1.29 is 22.6 Å². The van der Waals surface area contributed by atoms with Gasteiger partial charge in [0.1, 0.15) is 17.4 Å². The van der Waals surface area contributed by atoms with E-state index in [1.165, 1.54) is 25.3 Å². The zero-order chi connectivity index (χ0) is 21.5. The molecule has 0 aliphatic carbocycles. The molecule has 2 aromatic carbocycles. The molecule has 0 fully saturated rings. The van der Waals surface area contributed by atoms with E-state index < -0.39 is 17.7 Å². The van der Waals surface area contributed by atoms with Crippen molar-refractivity contribution in [3.05, 3.63) is 76.7 Å². The lowest BCUT2D eigenvalue weighted by Crippen LogP contribution is -2.23. The quantitative estimate of drug-likeness (QED) is 0.668. The molecule has 30 heavy (non-hydrogen) atoms. The van der Waals surface area contributed by atoms with Crippen LogP contribution in [-0.2, 0) is 6.18 Å². The van der Waals surface area contributed by atoms with Crippen LogP contribution in [0.2, 0.25) is 0 Å². The number of H-pyrrole nitrogens is 1. The van der Waals surface area contributed by atoms with E-state index in [-0.39, 0.29) is 22.9 Å². The Kier molecular flexibility index (Phi) is 4.62. The van der Waals surface area contributed by atoms with Crippen molar-refractivity contribution in [3.63, 3.8) is 0 Å².